The first-order valence-corrected chi connectivity index (χ1v) is 10.5. The number of aliphatic imine (C=N–C) groups is 1. The number of aromatic nitrogens is 2. The van der Waals surface area contributed by atoms with E-state index in [1.54, 1.807) is 0 Å². The topological polar surface area (TPSA) is 165 Å². The molecule has 6 N–H and O–H groups in total. The first-order chi connectivity index (χ1) is 13.2. The molecule has 0 amide bonds. The molecule has 3 rings (SSSR count). The van der Waals surface area contributed by atoms with Gasteiger partial charge in [0.15, 0.2) is 11.5 Å². The average Bonchev–Trinajstić information content (AvgIpc) is 3.07. The van der Waals surface area contributed by atoms with E-state index in [0.717, 1.165) is 0 Å². The van der Waals surface area contributed by atoms with Gasteiger partial charge in [-0.1, -0.05) is 0 Å². The van der Waals surface area contributed by atoms with Crippen LogP contribution in [0.15, 0.2) is 32.3 Å². The third-order valence-electron chi connectivity index (χ3n) is 3.98. The first kappa shape index (κ1) is 20.6. The van der Waals surface area contributed by atoms with Crippen LogP contribution in [0.25, 0.3) is 0 Å². The molecule has 11 nitrogen and oxygen atoms in total. The Labute approximate surface area is 168 Å². The van der Waals surface area contributed by atoms with Crippen molar-refractivity contribution in [2.45, 2.75) is 18.9 Å². The number of hydrogen-bond donors (Lipinski definition) is 4. The molecular formula is C14H18BrFN8O3S. The van der Waals surface area contributed by atoms with Crippen LogP contribution in [0.2, 0.25) is 0 Å². The zero-order valence-electron chi connectivity index (χ0n) is 14.5. The number of hydrogen-bond acceptors (Lipinski definition) is 8. The Morgan fingerprint density at radius 2 is 2.07 bits per heavy atom. The summed E-state index contributed by atoms with van der Waals surface area (Å²) in [5, 5.41) is 17.2. The SMILES string of the molecule is NC(=Nc1ccc(F)c(Br)c1)c1nonc1NC1CCN(NS(N)(=O)=O)CC1. The Balaban J connectivity index is 1.65. The summed E-state index contributed by atoms with van der Waals surface area (Å²) in [6.07, 6.45) is 1.24. The summed E-state index contributed by atoms with van der Waals surface area (Å²) in [6.45, 7) is 0.920. The minimum absolute atomic E-state index is 0.00283. The lowest BCUT2D eigenvalue weighted by Crippen LogP contribution is -2.50. The predicted octanol–water partition coefficient (Wildman–Crippen LogP) is 0.593. The molecule has 1 aliphatic rings. The second-order valence-electron chi connectivity index (χ2n) is 6.10. The third-order valence-corrected chi connectivity index (χ3v) is 5.10. The molecule has 14 heteroatoms. The highest BCUT2D eigenvalue weighted by molar-refractivity contribution is 9.10. The molecule has 152 valence electrons. The lowest BCUT2D eigenvalue weighted by molar-refractivity contribution is 0.191. The normalized spacial score (nSPS) is 17.0. The van der Waals surface area contributed by atoms with Gasteiger partial charge in [-0.2, -0.15) is 8.42 Å². The number of nitrogens with one attached hydrogen (secondary N) is 2. The van der Waals surface area contributed by atoms with Crippen LogP contribution in [0, 0.1) is 5.82 Å². The number of amidine groups is 1. The molecule has 28 heavy (non-hydrogen) atoms. The van der Waals surface area contributed by atoms with Gasteiger partial charge in [-0.15, -0.1) is 4.83 Å². The van der Waals surface area contributed by atoms with E-state index < -0.39 is 16.0 Å². The molecule has 0 atom stereocenters. The highest BCUT2D eigenvalue weighted by Gasteiger charge is 2.24. The van der Waals surface area contributed by atoms with Gasteiger partial charge in [0.2, 0.25) is 5.82 Å². The van der Waals surface area contributed by atoms with Crippen LogP contribution in [0.5, 0.6) is 0 Å². The molecule has 0 aliphatic carbocycles. The van der Waals surface area contributed by atoms with Crippen molar-refractivity contribution < 1.29 is 17.4 Å². The number of piperidine rings is 1. The largest absolute Gasteiger partial charge is 0.382 e. The number of anilines is 1. The van der Waals surface area contributed by atoms with Crippen molar-refractivity contribution >= 4 is 43.5 Å². The maximum atomic E-state index is 13.3. The van der Waals surface area contributed by atoms with Crippen LogP contribution < -0.4 is 21.0 Å². The lowest BCUT2D eigenvalue weighted by Gasteiger charge is -2.31. The first-order valence-electron chi connectivity index (χ1n) is 8.15. The van der Waals surface area contributed by atoms with Gasteiger partial charge >= 0.3 is 0 Å². The van der Waals surface area contributed by atoms with Crippen LogP contribution in [-0.2, 0) is 10.2 Å². The number of nitrogens with two attached hydrogens (primary N) is 2. The number of halogens is 2. The minimum Gasteiger partial charge on any atom is -0.382 e. The van der Waals surface area contributed by atoms with E-state index in [2.05, 4.69) is 41.4 Å². The van der Waals surface area contributed by atoms with Crippen LogP contribution in [-0.4, -0.2) is 48.7 Å². The smallest absolute Gasteiger partial charge is 0.287 e. The molecule has 0 unspecified atom stereocenters. The molecule has 2 aromatic rings. The van der Waals surface area contributed by atoms with E-state index in [9.17, 15) is 12.8 Å². The van der Waals surface area contributed by atoms with E-state index in [1.807, 2.05) is 0 Å². The maximum absolute atomic E-state index is 13.3. The highest BCUT2D eigenvalue weighted by atomic mass is 79.9. The van der Waals surface area contributed by atoms with Gasteiger partial charge < -0.3 is 11.1 Å². The molecular weight excluding hydrogens is 459 g/mol. The second kappa shape index (κ2) is 8.48. The summed E-state index contributed by atoms with van der Waals surface area (Å²) in [5.74, 6) is -0.0397. The third kappa shape index (κ3) is 5.45. The minimum atomic E-state index is -3.79. The Morgan fingerprint density at radius 3 is 2.71 bits per heavy atom. The monoisotopic (exact) mass is 476 g/mol. The van der Waals surface area contributed by atoms with E-state index >= 15 is 0 Å². The Hall–Kier alpha value is -2.13. The zero-order valence-corrected chi connectivity index (χ0v) is 16.9. The summed E-state index contributed by atoms with van der Waals surface area (Å²) in [6, 6.07) is 4.22. The maximum Gasteiger partial charge on any atom is 0.287 e. The van der Waals surface area contributed by atoms with Gasteiger partial charge in [0, 0.05) is 19.1 Å². The molecule has 1 fully saturated rings. The van der Waals surface area contributed by atoms with Gasteiger partial charge in [0.25, 0.3) is 10.2 Å². The molecule has 1 saturated heterocycles. The second-order valence-corrected chi connectivity index (χ2v) is 8.23. The number of hydrazine groups is 1. The van der Waals surface area contributed by atoms with Crippen LogP contribution in [0.1, 0.15) is 18.5 Å². The predicted molar refractivity (Wildman–Crippen MR) is 103 cm³/mol. The van der Waals surface area contributed by atoms with Crippen molar-refractivity contribution in [1.82, 2.24) is 20.2 Å². The van der Waals surface area contributed by atoms with Crippen molar-refractivity contribution in [1.29, 1.82) is 0 Å². The highest BCUT2D eigenvalue weighted by Crippen LogP contribution is 2.23. The molecule has 1 aromatic heterocycles. The average molecular weight is 477 g/mol. The van der Waals surface area contributed by atoms with Crippen molar-refractivity contribution in [3.63, 3.8) is 0 Å². The van der Waals surface area contributed by atoms with Crippen molar-refractivity contribution in [2.75, 3.05) is 18.4 Å². The van der Waals surface area contributed by atoms with Gasteiger partial charge in [0.1, 0.15) is 5.82 Å². The standard InChI is InChI=1S/C14H18BrFN8O3S/c15-10-7-9(1-2-11(10)16)19-13(17)12-14(22-27-21-12)20-8-3-5-24(6-4-8)23-28(18,25)26/h1-2,7-8,23H,3-6H2,(H2,17,19)(H,20,22)(H2,18,25,26). The summed E-state index contributed by atoms with van der Waals surface area (Å²) in [4.78, 5) is 6.45. The van der Waals surface area contributed by atoms with E-state index in [0.29, 0.717) is 37.4 Å². The van der Waals surface area contributed by atoms with E-state index in [1.165, 1.54) is 23.2 Å². The van der Waals surface area contributed by atoms with Crippen LogP contribution in [0.4, 0.5) is 15.9 Å². The molecule has 0 bridgehead atoms. The summed E-state index contributed by atoms with van der Waals surface area (Å²) in [7, 11) is -3.79. The van der Waals surface area contributed by atoms with Crippen LogP contribution >= 0.6 is 15.9 Å². The van der Waals surface area contributed by atoms with Gasteiger partial charge in [-0.25, -0.2) is 24.2 Å². The van der Waals surface area contributed by atoms with E-state index in [4.69, 9.17) is 15.5 Å². The molecule has 0 spiro atoms. The number of benzene rings is 1. The van der Waals surface area contributed by atoms with Crippen molar-refractivity contribution in [3.8, 4) is 0 Å². The molecule has 1 aliphatic heterocycles. The fourth-order valence-electron chi connectivity index (χ4n) is 2.69. The lowest BCUT2D eigenvalue weighted by atomic mass is 10.1. The van der Waals surface area contributed by atoms with E-state index in [-0.39, 0.29) is 22.0 Å². The molecule has 0 radical (unpaired) electrons. The molecule has 0 saturated carbocycles. The van der Waals surface area contributed by atoms with Gasteiger partial charge in [0.05, 0.1) is 10.2 Å². The van der Waals surface area contributed by atoms with Gasteiger partial charge in [-0.05, 0) is 57.3 Å². The summed E-state index contributed by atoms with van der Waals surface area (Å²) in [5.41, 5.74) is 6.66. The van der Waals surface area contributed by atoms with Crippen molar-refractivity contribution in [3.05, 3.63) is 34.2 Å². The molecule has 1 aromatic carbocycles. The fraction of sp³-hybridized carbons (Fsp3) is 0.357. The quantitative estimate of drug-likeness (QED) is 0.347. The van der Waals surface area contributed by atoms with Crippen molar-refractivity contribution in [2.24, 2.45) is 15.9 Å². The van der Waals surface area contributed by atoms with Crippen LogP contribution in [0.3, 0.4) is 0 Å². The summed E-state index contributed by atoms with van der Waals surface area (Å²) < 4.78 is 40.5. The molecule has 2 heterocycles. The zero-order chi connectivity index (χ0) is 20.3. The van der Waals surface area contributed by atoms with Gasteiger partial charge in [-0.3, -0.25) is 0 Å². The fourth-order valence-corrected chi connectivity index (χ4v) is 3.60. The Morgan fingerprint density at radius 1 is 1.36 bits per heavy atom. The Kier molecular flexibility index (Phi) is 6.24. The summed E-state index contributed by atoms with van der Waals surface area (Å²) >= 11 is 3.09. The Bertz CT molecular complexity index is 975. The number of nitrogens with zero attached hydrogens (tertiary/aromatic N) is 4. The number of rotatable bonds is 6.